The van der Waals surface area contributed by atoms with Gasteiger partial charge in [0.05, 0.1) is 0 Å². The van der Waals surface area contributed by atoms with Crippen LogP contribution in [0.2, 0.25) is 0 Å². The minimum Gasteiger partial charge on any atom is -0.352 e. The molecule has 0 aromatic rings. The topological polar surface area (TPSA) is 29.1 Å². The first-order chi connectivity index (χ1) is 5.83. The van der Waals surface area contributed by atoms with Crippen molar-refractivity contribution in [2.24, 2.45) is 5.41 Å². The van der Waals surface area contributed by atoms with Crippen LogP contribution in [0.25, 0.3) is 0 Å². The van der Waals surface area contributed by atoms with Crippen LogP contribution in [0.5, 0.6) is 0 Å². The molecule has 0 bridgehead atoms. The maximum Gasteiger partial charge on any atom is 0.246 e. The van der Waals surface area contributed by atoms with Gasteiger partial charge in [0.1, 0.15) is 0 Å². The fourth-order valence-corrected chi connectivity index (χ4v) is 0.972. The zero-order valence-corrected chi connectivity index (χ0v) is 9.24. The van der Waals surface area contributed by atoms with Crippen molar-refractivity contribution in [3.05, 3.63) is 12.2 Å². The van der Waals surface area contributed by atoms with Gasteiger partial charge in [0.2, 0.25) is 5.91 Å². The molecule has 0 aliphatic carbocycles. The van der Waals surface area contributed by atoms with Gasteiger partial charge in [0.15, 0.2) is 0 Å². The molecule has 0 saturated carbocycles. The summed E-state index contributed by atoms with van der Waals surface area (Å²) in [6.45, 7) is 12.7. The highest BCUT2D eigenvalue weighted by Gasteiger charge is 2.09. The number of carbonyl (C=O) groups is 1. The monoisotopic (exact) mass is 183 g/mol. The lowest BCUT2D eigenvalue weighted by Crippen LogP contribution is -2.25. The Morgan fingerprint density at radius 2 is 1.92 bits per heavy atom. The Morgan fingerprint density at radius 1 is 1.38 bits per heavy atom. The molecule has 0 spiro atoms. The highest BCUT2D eigenvalue weighted by molar-refractivity contribution is 5.91. The van der Waals surface area contributed by atoms with E-state index in [9.17, 15) is 4.79 Å². The van der Waals surface area contributed by atoms with Crippen LogP contribution in [-0.4, -0.2) is 12.5 Å². The predicted molar refractivity (Wildman–Crippen MR) is 56.5 cm³/mol. The number of nitrogens with one attached hydrogen (secondary N) is 1. The van der Waals surface area contributed by atoms with E-state index in [0.717, 1.165) is 19.4 Å². The third-order valence-electron chi connectivity index (χ3n) is 1.78. The molecule has 0 aliphatic rings. The Kier molecular flexibility index (Phi) is 4.74. The summed E-state index contributed by atoms with van der Waals surface area (Å²) >= 11 is 0. The van der Waals surface area contributed by atoms with E-state index < -0.39 is 0 Å². The maximum atomic E-state index is 11.1. The fraction of sp³-hybridized carbons (Fsp3) is 0.727. The third-order valence-corrected chi connectivity index (χ3v) is 1.78. The van der Waals surface area contributed by atoms with Crippen LogP contribution in [-0.2, 0) is 4.79 Å². The Balaban J connectivity index is 3.47. The molecule has 0 saturated heterocycles. The van der Waals surface area contributed by atoms with Crippen molar-refractivity contribution in [3.8, 4) is 0 Å². The van der Waals surface area contributed by atoms with Gasteiger partial charge in [-0.15, -0.1) is 0 Å². The van der Waals surface area contributed by atoms with E-state index in [0.29, 0.717) is 11.0 Å². The molecule has 0 aliphatic heterocycles. The second-order valence-electron chi connectivity index (χ2n) is 4.70. The van der Waals surface area contributed by atoms with E-state index in [2.05, 4.69) is 32.7 Å². The number of rotatable bonds is 4. The normalized spacial score (nSPS) is 11.1. The second kappa shape index (κ2) is 5.05. The van der Waals surface area contributed by atoms with Gasteiger partial charge in [0.25, 0.3) is 0 Å². The number of hydrogen-bond donors (Lipinski definition) is 1. The predicted octanol–water partition coefficient (Wildman–Crippen LogP) is 2.51. The molecule has 0 fully saturated rings. The van der Waals surface area contributed by atoms with Crippen molar-refractivity contribution in [1.82, 2.24) is 5.32 Å². The second-order valence-corrected chi connectivity index (χ2v) is 4.70. The molecule has 1 amide bonds. The van der Waals surface area contributed by atoms with Crippen LogP contribution in [0.3, 0.4) is 0 Å². The SMILES string of the molecule is C=C(C)C(=O)NCCCC(C)(C)C. The first-order valence-corrected chi connectivity index (χ1v) is 4.76. The van der Waals surface area contributed by atoms with Gasteiger partial charge in [-0.2, -0.15) is 0 Å². The molecule has 0 radical (unpaired) electrons. The van der Waals surface area contributed by atoms with Crippen molar-refractivity contribution in [2.45, 2.75) is 40.5 Å². The summed E-state index contributed by atoms with van der Waals surface area (Å²) in [5, 5.41) is 2.82. The zero-order valence-electron chi connectivity index (χ0n) is 9.24. The third kappa shape index (κ3) is 7.57. The van der Waals surface area contributed by atoms with Crippen molar-refractivity contribution in [1.29, 1.82) is 0 Å². The van der Waals surface area contributed by atoms with Gasteiger partial charge in [-0.25, -0.2) is 0 Å². The molecule has 1 N–H and O–H groups in total. The van der Waals surface area contributed by atoms with E-state index >= 15 is 0 Å². The summed E-state index contributed by atoms with van der Waals surface area (Å²) in [4.78, 5) is 11.1. The number of carbonyl (C=O) groups excluding carboxylic acids is 1. The fourth-order valence-electron chi connectivity index (χ4n) is 0.972. The van der Waals surface area contributed by atoms with Crippen LogP contribution >= 0.6 is 0 Å². The van der Waals surface area contributed by atoms with Crippen molar-refractivity contribution in [3.63, 3.8) is 0 Å². The highest BCUT2D eigenvalue weighted by Crippen LogP contribution is 2.19. The van der Waals surface area contributed by atoms with Crippen LogP contribution in [0.4, 0.5) is 0 Å². The largest absolute Gasteiger partial charge is 0.352 e. The van der Waals surface area contributed by atoms with Gasteiger partial charge in [-0.3, -0.25) is 4.79 Å². The lowest BCUT2D eigenvalue weighted by molar-refractivity contribution is -0.117. The average molecular weight is 183 g/mol. The number of amides is 1. The first-order valence-electron chi connectivity index (χ1n) is 4.76. The minimum absolute atomic E-state index is 0.0334. The van der Waals surface area contributed by atoms with E-state index in [1.54, 1.807) is 6.92 Å². The van der Waals surface area contributed by atoms with Crippen LogP contribution < -0.4 is 5.32 Å². The smallest absolute Gasteiger partial charge is 0.246 e. The molecule has 76 valence electrons. The quantitative estimate of drug-likeness (QED) is 0.526. The van der Waals surface area contributed by atoms with Gasteiger partial charge in [-0.05, 0) is 25.2 Å². The molecule has 13 heavy (non-hydrogen) atoms. The lowest BCUT2D eigenvalue weighted by Gasteiger charge is -2.17. The van der Waals surface area contributed by atoms with Crippen LogP contribution in [0.1, 0.15) is 40.5 Å². The van der Waals surface area contributed by atoms with Gasteiger partial charge in [0, 0.05) is 12.1 Å². The van der Waals surface area contributed by atoms with Crippen molar-refractivity contribution >= 4 is 5.91 Å². The zero-order chi connectivity index (χ0) is 10.5. The average Bonchev–Trinajstić information content (AvgIpc) is 1.95. The molecule has 0 atom stereocenters. The Morgan fingerprint density at radius 3 is 2.31 bits per heavy atom. The highest BCUT2D eigenvalue weighted by atomic mass is 16.1. The molecule has 2 nitrogen and oxygen atoms in total. The Labute approximate surface area is 81.4 Å². The molecule has 0 aromatic heterocycles. The summed E-state index contributed by atoms with van der Waals surface area (Å²) in [6.07, 6.45) is 2.16. The molecule has 2 heteroatoms. The first kappa shape index (κ1) is 12.2. The summed E-state index contributed by atoms with van der Waals surface area (Å²) in [7, 11) is 0. The van der Waals surface area contributed by atoms with Gasteiger partial charge in [-0.1, -0.05) is 27.4 Å². The summed E-state index contributed by atoms with van der Waals surface area (Å²) < 4.78 is 0. The summed E-state index contributed by atoms with van der Waals surface area (Å²) in [6, 6.07) is 0. The van der Waals surface area contributed by atoms with E-state index in [4.69, 9.17) is 0 Å². The maximum absolute atomic E-state index is 11.1. The van der Waals surface area contributed by atoms with E-state index in [1.165, 1.54) is 0 Å². The molecule has 0 rings (SSSR count). The molecular formula is C11H21NO. The summed E-state index contributed by atoms with van der Waals surface area (Å²) in [5.41, 5.74) is 0.935. The molecule has 0 aromatic carbocycles. The Hall–Kier alpha value is -0.790. The summed E-state index contributed by atoms with van der Waals surface area (Å²) in [5.74, 6) is -0.0334. The van der Waals surface area contributed by atoms with E-state index in [-0.39, 0.29) is 5.91 Å². The van der Waals surface area contributed by atoms with Crippen molar-refractivity contribution < 1.29 is 4.79 Å². The molecule has 0 heterocycles. The number of hydrogen-bond acceptors (Lipinski definition) is 1. The molecule has 0 unspecified atom stereocenters. The van der Waals surface area contributed by atoms with Crippen LogP contribution in [0.15, 0.2) is 12.2 Å². The lowest BCUT2D eigenvalue weighted by atomic mass is 9.91. The Bertz CT molecular complexity index is 189. The standard InChI is InChI=1S/C11H21NO/c1-9(2)10(13)12-8-6-7-11(3,4)5/h1,6-8H2,2-5H3,(H,12,13). The van der Waals surface area contributed by atoms with E-state index in [1.807, 2.05) is 0 Å². The molecular weight excluding hydrogens is 162 g/mol. The van der Waals surface area contributed by atoms with Crippen LogP contribution in [0, 0.1) is 5.41 Å². The van der Waals surface area contributed by atoms with Gasteiger partial charge >= 0.3 is 0 Å². The van der Waals surface area contributed by atoms with Gasteiger partial charge < -0.3 is 5.32 Å². The minimum atomic E-state index is -0.0334. The van der Waals surface area contributed by atoms with Crippen molar-refractivity contribution in [2.75, 3.05) is 6.54 Å².